The lowest BCUT2D eigenvalue weighted by Crippen LogP contribution is -2.33. The van der Waals surface area contributed by atoms with Crippen LogP contribution in [0.15, 0.2) is 119 Å². The third-order valence-corrected chi connectivity index (χ3v) is 7.20. The average molecular weight is 500 g/mol. The van der Waals surface area contributed by atoms with Crippen molar-refractivity contribution in [2.75, 3.05) is 11.4 Å². The fraction of sp³-hybridized carbons (Fsp3) is 0.0714. The van der Waals surface area contributed by atoms with Gasteiger partial charge in [-0.3, -0.25) is 9.10 Å². The Kier molecular flexibility index (Phi) is 7.77. The van der Waals surface area contributed by atoms with E-state index in [4.69, 9.17) is 4.74 Å². The molecule has 0 saturated carbocycles. The Labute approximate surface area is 210 Å². The van der Waals surface area contributed by atoms with Crippen molar-refractivity contribution in [3.63, 3.8) is 0 Å². The molecule has 4 rings (SSSR count). The van der Waals surface area contributed by atoms with Crippen LogP contribution >= 0.6 is 0 Å². The van der Waals surface area contributed by atoms with Crippen LogP contribution in [-0.4, -0.2) is 27.6 Å². The summed E-state index contributed by atoms with van der Waals surface area (Å²) >= 11 is 0. The minimum Gasteiger partial charge on any atom is -0.496 e. The van der Waals surface area contributed by atoms with E-state index < -0.39 is 15.9 Å². The molecule has 0 heterocycles. The van der Waals surface area contributed by atoms with Gasteiger partial charge in [-0.25, -0.2) is 13.8 Å². The first kappa shape index (κ1) is 24.7. The van der Waals surface area contributed by atoms with E-state index in [0.29, 0.717) is 11.3 Å². The second kappa shape index (κ2) is 11.3. The van der Waals surface area contributed by atoms with Gasteiger partial charge in [-0.05, 0) is 42.0 Å². The van der Waals surface area contributed by atoms with Crippen LogP contribution < -0.4 is 14.5 Å². The standard InChI is InChI=1S/C28H25N3O4S/c1-35-27-19-11-8-14-23(27)20-29-30-28(32)25-17-9-10-18-26(25)31(21-22-12-4-2-5-13-22)36(33,34)24-15-6-3-7-16-24/h2-20H,21H2,1H3,(H,30,32)/b29-20-. The summed E-state index contributed by atoms with van der Waals surface area (Å²) < 4.78 is 34.0. The third-order valence-electron chi connectivity index (χ3n) is 5.43. The number of para-hydroxylation sites is 2. The monoisotopic (exact) mass is 499 g/mol. The predicted octanol–water partition coefficient (Wildman–Crippen LogP) is 4.85. The first-order valence-electron chi connectivity index (χ1n) is 11.2. The van der Waals surface area contributed by atoms with Crippen molar-refractivity contribution in [3.8, 4) is 5.75 Å². The Hall–Kier alpha value is -4.43. The molecule has 0 aliphatic carbocycles. The molecule has 0 unspecified atom stereocenters. The molecule has 8 heteroatoms. The normalized spacial score (nSPS) is 11.2. The van der Waals surface area contributed by atoms with Crippen molar-refractivity contribution in [1.82, 2.24) is 5.43 Å². The number of ether oxygens (including phenoxy) is 1. The summed E-state index contributed by atoms with van der Waals surface area (Å²) in [5, 5.41) is 4.06. The molecule has 4 aromatic carbocycles. The van der Waals surface area contributed by atoms with Crippen LogP contribution in [0.4, 0.5) is 5.69 Å². The molecular weight excluding hydrogens is 474 g/mol. The van der Waals surface area contributed by atoms with Gasteiger partial charge in [0.15, 0.2) is 0 Å². The molecule has 36 heavy (non-hydrogen) atoms. The number of hydrogen-bond donors (Lipinski definition) is 1. The van der Waals surface area contributed by atoms with Crippen molar-refractivity contribution >= 4 is 27.8 Å². The fourth-order valence-corrected chi connectivity index (χ4v) is 5.14. The second-order valence-corrected chi connectivity index (χ2v) is 9.63. The van der Waals surface area contributed by atoms with Crippen molar-refractivity contribution < 1.29 is 17.9 Å². The molecule has 0 fully saturated rings. The third kappa shape index (κ3) is 5.61. The largest absolute Gasteiger partial charge is 0.496 e. The number of benzene rings is 4. The Morgan fingerprint density at radius 3 is 2.19 bits per heavy atom. The number of nitrogens with one attached hydrogen (secondary N) is 1. The molecule has 0 aliphatic heterocycles. The number of nitrogens with zero attached hydrogens (tertiary/aromatic N) is 2. The zero-order valence-corrected chi connectivity index (χ0v) is 20.4. The van der Waals surface area contributed by atoms with Crippen LogP contribution in [0.1, 0.15) is 21.5 Å². The summed E-state index contributed by atoms with van der Waals surface area (Å²) in [5.41, 5.74) is 4.38. The molecule has 0 saturated heterocycles. The highest BCUT2D eigenvalue weighted by atomic mass is 32.2. The van der Waals surface area contributed by atoms with E-state index in [-0.39, 0.29) is 22.7 Å². The highest BCUT2D eigenvalue weighted by Gasteiger charge is 2.28. The number of amides is 1. The number of anilines is 1. The topological polar surface area (TPSA) is 88.1 Å². The molecule has 182 valence electrons. The van der Waals surface area contributed by atoms with E-state index >= 15 is 0 Å². The lowest BCUT2D eigenvalue weighted by molar-refractivity contribution is 0.0955. The highest BCUT2D eigenvalue weighted by molar-refractivity contribution is 7.92. The van der Waals surface area contributed by atoms with Crippen molar-refractivity contribution in [1.29, 1.82) is 0 Å². The minimum absolute atomic E-state index is 0.0485. The number of rotatable bonds is 9. The average Bonchev–Trinajstić information content (AvgIpc) is 2.93. The van der Waals surface area contributed by atoms with Gasteiger partial charge in [-0.1, -0.05) is 72.8 Å². The predicted molar refractivity (Wildman–Crippen MR) is 141 cm³/mol. The number of sulfonamides is 1. The van der Waals surface area contributed by atoms with Crippen LogP contribution in [0, 0.1) is 0 Å². The van der Waals surface area contributed by atoms with Crippen LogP contribution in [0.2, 0.25) is 0 Å². The lowest BCUT2D eigenvalue weighted by atomic mass is 10.1. The first-order valence-corrected chi connectivity index (χ1v) is 12.6. The summed E-state index contributed by atoms with van der Waals surface area (Å²) in [5.74, 6) is 0.0666. The number of carbonyl (C=O) groups is 1. The van der Waals surface area contributed by atoms with E-state index in [1.54, 1.807) is 61.7 Å². The molecule has 4 aromatic rings. The maximum absolute atomic E-state index is 13.7. The molecule has 0 radical (unpaired) electrons. The molecule has 0 aromatic heterocycles. The summed E-state index contributed by atoms with van der Waals surface area (Å²) in [6.45, 7) is 0.0485. The van der Waals surface area contributed by atoms with Crippen molar-refractivity contribution in [2.45, 2.75) is 11.4 Å². The molecule has 1 N–H and O–H groups in total. The van der Waals surface area contributed by atoms with E-state index in [0.717, 1.165) is 5.56 Å². The van der Waals surface area contributed by atoms with Crippen molar-refractivity contribution in [3.05, 3.63) is 126 Å². The molecule has 0 atom stereocenters. The lowest BCUT2D eigenvalue weighted by Gasteiger charge is -2.26. The van der Waals surface area contributed by atoms with Crippen LogP contribution in [0.3, 0.4) is 0 Å². The summed E-state index contributed by atoms with van der Waals surface area (Å²) in [6.07, 6.45) is 1.47. The van der Waals surface area contributed by atoms with Crippen LogP contribution in [-0.2, 0) is 16.6 Å². The van der Waals surface area contributed by atoms with Gasteiger partial charge in [-0.15, -0.1) is 0 Å². The van der Waals surface area contributed by atoms with Gasteiger partial charge in [0.1, 0.15) is 5.75 Å². The van der Waals surface area contributed by atoms with E-state index in [1.807, 2.05) is 42.5 Å². The second-order valence-electron chi connectivity index (χ2n) is 7.77. The van der Waals surface area contributed by atoms with Gasteiger partial charge in [-0.2, -0.15) is 5.10 Å². The Morgan fingerprint density at radius 1 is 0.861 bits per heavy atom. The molecule has 0 bridgehead atoms. The SMILES string of the molecule is COc1ccccc1/C=N\NC(=O)c1ccccc1N(Cc1ccccc1)S(=O)(=O)c1ccccc1. The molecular formula is C28H25N3O4S. The van der Waals surface area contributed by atoms with Gasteiger partial charge in [0.25, 0.3) is 15.9 Å². The Morgan fingerprint density at radius 2 is 1.47 bits per heavy atom. The quantitative estimate of drug-likeness (QED) is 0.263. The number of hydrogen-bond acceptors (Lipinski definition) is 5. The molecule has 0 aliphatic rings. The van der Waals surface area contributed by atoms with Gasteiger partial charge >= 0.3 is 0 Å². The van der Waals surface area contributed by atoms with Gasteiger partial charge < -0.3 is 4.74 Å². The van der Waals surface area contributed by atoms with E-state index in [9.17, 15) is 13.2 Å². The number of methoxy groups -OCH3 is 1. The van der Waals surface area contributed by atoms with Gasteiger partial charge in [0.05, 0.1) is 36.0 Å². The minimum atomic E-state index is -3.98. The van der Waals surface area contributed by atoms with Crippen LogP contribution in [0.25, 0.3) is 0 Å². The van der Waals surface area contributed by atoms with E-state index in [1.165, 1.54) is 22.7 Å². The zero-order valence-electron chi connectivity index (χ0n) is 19.6. The number of hydrazone groups is 1. The molecule has 7 nitrogen and oxygen atoms in total. The van der Waals surface area contributed by atoms with Crippen molar-refractivity contribution in [2.24, 2.45) is 5.10 Å². The van der Waals surface area contributed by atoms with Gasteiger partial charge in [0.2, 0.25) is 0 Å². The molecule has 0 spiro atoms. The smallest absolute Gasteiger partial charge is 0.273 e. The number of carbonyl (C=O) groups excluding carboxylic acids is 1. The maximum atomic E-state index is 13.7. The zero-order chi connectivity index (χ0) is 25.4. The highest BCUT2D eigenvalue weighted by Crippen LogP contribution is 2.29. The maximum Gasteiger partial charge on any atom is 0.273 e. The van der Waals surface area contributed by atoms with E-state index in [2.05, 4.69) is 10.5 Å². The first-order chi connectivity index (χ1) is 17.5. The summed E-state index contributed by atoms with van der Waals surface area (Å²) in [6, 6.07) is 31.2. The molecule has 1 amide bonds. The summed E-state index contributed by atoms with van der Waals surface area (Å²) in [4.78, 5) is 13.3. The fourth-order valence-electron chi connectivity index (χ4n) is 3.65. The van der Waals surface area contributed by atoms with Crippen LogP contribution in [0.5, 0.6) is 5.75 Å². The Balaban J connectivity index is 1.69. The Bertz CT molecular complexity index is 1460. The van der Waals surface area contributed by atoms with Gasteiger partial charge in [0, 0.05) is 5.56 Å². The summed E-state index contributed by atoms with van der Waals surface area (Å²) in [7, 11) is -2.43.